The van der Waals surface area contributed by atoms with E-state index in [2.05, 4.69) is 19.9 Å². The van der Waals surface area contributed by atoms with Gasteiger partial charge in [-0.05, 0) is 12.1 Å². The molecule has 7 heteroatoms. The lowest BCUT2D eigenvalue weighted by atomic mass is 10.1. The molecule has 0 N–H and O–H groups in total. The highest BCUT2D eigenvalue weighted by Crippen LogP contribution is 2.20. The van der Waals surface area contributed by atoms with Gasteiger partial charge in [0.2, 0.25) is 5.88 Å². The lowest BCUT2D eigenvalue weighted by Gasteiger charge is -2.06. The van der Waals surface area contributed by atoms with E-state index in [1.54, 1.807) is 30.3 Å². The topological polar surface area (TPSA) is 87.1 Å². The number of nitrogens with zero attached hydrogens (tertiary/aromatic N) is 4. The summed E-state index contributed by atoms with van der Waals surface area (Å²) in [6, 6.07) is 8.52. The molecule has 0 aliphatic rings. The predicted molar refractivity (Wildman–Crippen MR) is 85.2 cm³/mol. The van der Waals surface area contributed by atoms with Crippen LogP contribution in [0.25, 0.3) is 0 Å². The third-order valence-electron chi connectivity index (χ3n) is 3.12. The Kier molecular flexibility index (Phi) is 4.71. The van der Waals surface area contributed by atoms with Gasteiger partial charge in [0.15, 0.2) is 11.5 Å². The van der Waals surface area contributed by atoms with Crippen LogP contribution in [0.3, 0.4) is 0 Å². The van der Waals surface area contributed by atoms with E-state index in [9.17, 15) is 4.79 Å². The molecule has 120 valence electrons. The summed E-state index contributed by atoms with van der Waals surface area (Å²) in [6.07, 6.45) is 6.13. The number of hydrogen-bond acceptors (Lipinski definition) is 7. The summed E-state index contributed by atoms with van der Waals surface area (Å²) in [6.45, 7) is 0. The van der Waals surface area contributed by atoms with E-state index in [-0.39, 0.29) is 12.2 Å². The minimum absolute atomic E-state index is 0.127. The van der Waals surface area contributed by atoms with Gasteiger partial charge >= 0.3 is 0 Å². The fourth-order valence-corrected chi connectivity index (χ4v) is 2.03. The summed E-state index contributed by atoms with van der Waals surface area (Å²) in [5, 5.41) is 0. The predicted octanol–water partition coefficient (Wildman–Crippen LogP) is 2.49. The third kappa shape index (κ3) is 3.89. The van der Waals surface area contributed by atoms with Gasteiger partial charge in [-0.3, -0.25) is 9.78 Å². The van der Waals surface area contributed by atoms with Gasteiger partial charge < -0.3 is 9.47 Å². The second-order valence-electron chi connectivity index (χ2n) is 4.82. The minimum atomic E-state index is -0.162. The van der Waals surface area contributed by atoms with Gasteiger partial charge in [0.25, 0.3) is 0 Å². The van der Waals surface area contributed by atoms with Gasteiger partial charge in [0, 0.05) is 18.3 Å². The molecule has 0 amide bonds. The van der Waals surface area contributed by atoms with Crippen molar-refractivity contribution in [1.82, 2.24) is 19.9 Å². The van der Waals surface area contributed by atoms with Gasteiger partial charge in [-0.25, -0.2) is 15.0 Å². The largest absolute Gasteiger partial charge is 0.481 e. The zero-order valence-corrected chi connectivity index (χ0v) is 12.9. The lowest BCUT2D eigenvalue weighted by molar-refractivity contribution is 0.0986. The minimum Gasteiger partial charge on any atom is -0.481 e. The summed E-state index contributed by atoms with van der Waals surface area (Å²) >= 11 is 0. The molecule has 3 heterocycles. The first-order valence-corrected chi connectivity index (χ1v) is 7.16. The maximum Gasteiger partial charge on any atom is 0.213 e. The molecule has 3 aromatic rings. The van der Waals surface area contributed by atoms with Crippen molar-refractivity contribution >= 4 is 5.78 Å². The van der Waals surface area contributed by atoms with Crippen LogP contribution in [0.4, 0.5) is 0 Å². The van der Waals surface area contributed by atoms with E-state index in [1.807, 2.05) is 0 Å². The molecule has 0 saturated heterocycles. The Bertz CT molecular complexity index is 840. The van der Waals surface area contributed by atoms with Crippen molar-refractivity contribution in [3.05, 3.63) is 66.6 Å². The van der Waals surface area contributed by atoms with Gasteiger partial charge in [-0.1, -0.05) is 6.07 Å². The number of ether oxygens (including phenoxy) is 2. The molecule has 0 aliphatic carbocycles. The molecule has 3 aromatic heterocycles. The van der Waals surface area contributed by atoms with Crippen LogP contribution in [0.5, 0.6) is 17.4 Å². The highest BCUT2D eigenvalue weighted by molar-refractivity contribution is 5.95. The Hall–Kier alpha value is -3.35. The van der Waals surface area contributed by atoms with Crippen LogP contribution in [0.15, 0.2) is 55.2 Å². The fourth-order valence-electron chi connectivity index (χ4n) is 2.03. The molecule has 24 heavy (non-hydrogen) atoms. The zero-order valence-electron chi connectivity index (χ0n) is 12.9. The van der Waals surface area contributed by atoms with Crippen LogP contribution in [0.2, 0.25) is 0 Å². The smallest absolute Gasteiger partial charge is 0.213 e. The molecule has 0 spiro atoms. The van der Waals surface area contributed by atoms with E-state index < -0.39 is 0 Å². The van der Waals surface area contributed by atoms with Crippen molar-refractivity contribution in [2.75, 3.05) is 7.11 Å². The first-order valence-electron chi connectivity index (χ1n) is 7.16. The molecule has 0 aromatic carbocycles. The second-order valence-corrected chi connectivity index (χ2v) is 4.82. The van der Waals surface area contributed by atoms with Crippen LogP contribution in [-0.2, 0) is 6.42 Å². The number of aromatic nitrogens is 4. The molecule has 0 radical (unpaired) electrons. The SMILES string of the molecule is COc1cccc(CC(=O)c2cc(Oc3cncnc3)ccn2)n1. The Balaban J connectivity index is 1.74. The van der Waals surface area contributed by atoms with Gasteiger partial charge in [-0.15, -0.1) is 0 Å². The van der Waals surface area contributed by atoms with Crippen molar-refractivity contribution in [2.24, 2.45) is 0 Å². The third-order valence-corrected chi connectivity index (χ3v) is 3.12. The number of carbonyl (C=O) groups excluding carboxylic acids is 1. The summed E-state index contributed by atoms with van der Waals surface area (Å²) in [4.78, 5) is 28.5. The Morgan fingerprint density at radius 1 is 1.12 bits per heavy atom. The van der Waals surface area contributed by atoms with E-state index >= 15 is 0 Å². The Morgan fingerprint density at radius 3 is 2.75 bits per heavy atom. The quantitative estimate of drug-likeness (QED) is 0.644. The van der Waals surface area contributed by atoms with Crippen LogP contribution in [0.1, 0.15) is 16.2 Å². The number of carbonyl (C=O) groups is 1. The van der Waals surface area contributed by atoms with Crippen molar-refractivity contribution < 1.29 is 14.3 Å². The van der Waals surface area contributed by atoms with Crippen molar-refractivity contribution in [3.8, 4) is 17.4 Å². The van der Waals surface area contributed by atoms with Crippen LogP contribution in [0, 0.1) is 0 Å². The average Bonchev–Trinajstić information content (AvgIpc) is 2.63. The van der Waals surface area contributed by atoms with E-state index in [0.29, 0.717) is 28.8 Å². The highest BCUT2D eigenvalue weighted by Gasteiger charge is 2.11. The van der Waals surface area contributed by atoms with Crippen molar-refractivity contribution in [3.63, 3.8) is 0 Å². The summed E-state index contributed by atoms with van der Waals surface area (Å²) in [7, 11) is 1.53. The summed E-state index contributed by atoms with van der Waals surface area (Å²) in [5.74, 6) is 1.28. The second kappa shape index (κ2) is 7.28. The molecular formula is C17H14N4O3. The first kappa shape index (κ1) is 15.5. The number of rotatable bonds is 6. The Morgan fingerprint density at radius 2 is 1.96 bits per heavy atom. The molecule has 0 saturated carbocycles. The molecule has 3 rings (SSSR count). The maximum atomic E-state index is 12.4. The maximum absolute atomic E-state index is 12.4. The molecule has 0 atom stereocenters. The normalized spacial score (nSPS) is 10.2. The molecule has 0 fully saturated rings. The standard InChI is InChI=1S/C17H14N4O3/c1-23-17-4-2-3-12(21-17)7-16(22)15-8-13(5-6-20-15)24-14-9-18-11-19-10-14/h2-6,8-11H,7H2,1H3. The van der Waals surface area contributed by atoms with Crippen LogP contribution < -0.4 is 9.47 Å². The fraction of sp³-hybridized carbons (Fsp3) is 0.118. The molecule has 7 nitrogen and oxygen atoms in total. The van der Waals surface area contributed by atoms with Gasteiger partial charge in [0.05, 0.1) is 31.6 Å². The summed E-state index contributed by atoms with van der Waals surface area (Å²) in [5.41, 5.74) is 0.915. The number of ketones is 1. The molecular weight excluding hydrogens is 308 g/mol. The zero-order chi connectivity index (χ0) is 16.8. The van der Waals surface area contributed by atoms with E-state index in [1.165, 1.54) is 32.0 Å². The number of Topliss-reactive ketones (excluding diaryl/α,β-unsaturated/α-hetero) is 1. The van der Waals surface area contributed by atoms with Crippen molar-refractivity contribution in [1.29, 1.82) is 0 Å². The van der Waals surface area contributed by atoms with Crippen molar-refractivity contribution in [2.45, 2.75) is 6.42 Å². The lowest BCUT2D eigenvalue weighted by Crippen LogP contribution is -2.07. The van der Waals surface area contributed by atoms with E-state index in [0.717, 1.165) is 0 Å². The monoisotopic (exact) mass is 322 g/mol. The first-order chi connectivity index (χ1) is 11.7. The van der Waals surface area contributed by atoms with Crippen LogP contribution in [-0.4, -0.2) is 32.8 Å². The highest BCUT2D eigenvalue weighted by atomic mass is 16.5. The molecule has 0 aliphatic heterocycles. The van der Waals surface area contributed by atoms with Gasteiger partial charge in [-0.2, -0.15) is 0 Å². The number of hydrogen-bond donors (Lipinski definition) is 0. The average molecular weight is 322 g/mol. The molecule has 0 bridgehead atoms. The molecule has 0 unspecified atom stereocenters. The van der Waals surface area contributed by atoms with E-state index in [4.69, 9.17) is 9.47 Å². The number of pyridine rings is 2. The summed E-state index contributed by atoms with van der Waals surface area (Å²) < 4.78 is 10.7. The Labute approximate surface area is 138 Å². The van der Waals surface area contributed by atoms with Gasteiger partial charge in [0.1, 0.15) is 17.8 Å². The van der Waals surface area contributed by atoms with Crippen LogP contribution >= 0.6 is 0 Å². The number of methoxy groups -OCH3 is 1.